The van der Waals surface area contributed by atoms with E-state index in [1.54, 1.807) is 13.0 Å². The Labute approximate surface area is 110 Å². The summed E-state index contributed by atoms with van der Waals surface area (Å²) in [5, 5.41) is 3.68. The molecule has 0 aliphatic carbocycles. The van der Waals surface area contributed by atoms with Crippen molar-refractivity contribution >= 4 is 21.8 Å². The van der Waals surface area contributed by atoms with Gasteiger partial charge in [0.1, 0.15) is 11.5 Å². The molecule has 0 fully saturated rings. The smallest absolute Gasteiger partial charge is 0.254 e. The molecule has 1 aromatic rings. The van der Waals surface area contributed by atoms with E-state index in [2.05, 4.69) is 21.2 Å². The lowest BCUT2D eigenvalue weighted by molar-refractivity contribution is 0.0943. The number of rotatable bonds is 7. The fourth-order valence-corrected chi connectivity index (χ4v) is 1.71. The second kappa shape index (κ2) is 7.50. The first-order valence-electron chi connectivity index (χ1n) is 5.64. The Morgan fingerprint density at radius 1 is 1.47 bits per heavy atom. The van der Waals surface area contributed by atoms with Crippen LogP contribution in [0.1, 0.15) is 28.3 Å². The SMILES string of the molecule is Cc1cc(C(=O)NCCCOCCBr)c(C)o1. The molecule has 0 unspecified atom stereocenters. The average molecular weight is 304 g/mol. The number of furan rings is 1. The van der Waals surface area contributed by atoms with Crippen LogP contribution in [0.15, 0.2) is 10.5 Å². The molecule has 1 aromatic heterocycles. The fourth-order valence-electron chi connectivity index (χ4n) is 1.48. The predicted molar refractivity (Wildman–Crippen MR) is 69.7 cm³/mol. The van der Waals surface area contributed by atoms with E-state index in [0.29, 0.717) is 31.1 Å². The van der Waals surface area contributed by atoms with Crippen LogP contribution in [0.4, 0.5) is 0 Å². The van der Waals surface area contributed by atoms with Gasteiger partial charge in [-0.1, -0.05) is 15.9 Å². The molecule has 0 aliphatic heterocycles. The van der Waals surface area contributed by atoms with Crippen molar-refractivity contribution in [3.05, 3.63) is 23.2 Å². The van der Waals surface area contributed by atoms with Gasteiger partial charge in [-0.2, -0.15) is 0 Å². The van der Waals surface area contributed by atoms with Gasteiger partial charge in [0.25, 0.3) is 5.91 Å². The van der Waals surface area contributed by atoms with Gasteiger partial charge in [0.2, 0.25) is 0 Å². The molecule has 0 radical (unpaired) electrons. The average Bonchev–Trinajstić information content (AvgIpc) is 2.62. The second-order valence-corrected chi connectivity index (χ2v) is 4.53. The van der Waals surface area contributed by atoms with Crippen molar-refractivity contribution in [2.45, 2.75) is 20.3 Å². The number of hydrogen-bond acceptors (Lipinski definition) is 3. The summed E-state index contributed by atoms with van der Waals surface area (Å²) < 4.78 is 10.6. The van der Waals surface area contributed by atoms with Crippen molar-refractivity contribution in [2.75, 3.05) is 25.1 Å². The molecule has 96 valence electrons. The molecule has 0 bridgehead atoms. The molecule has 0 spiro atoms. The van der Waals surface area contributed by atoms with Crippen molar-refractivity contribution in [2.24, 2.45) is 0 Å². The van der Waals surface area contributed by atoms with Gasteiger partial charge in [0.05, 0.1) is 12.2 Å². The maximum atomic E-state index is 11.7. The number of aryl methyl sites for hydroxylation is 2. The van der Waals surface area contributed by atoms with Crippen molar-refractivity contribution in [1.29, 1.82) is 0 Å². The van der Waals surface area contributed by atoms with Gasteiger partial charge >= 0.3 is 0 Å². The number of halogens is 1. The van der Waals surface area contributed by atoms with Crippen LogP contribution in [-0.4, -0.2) is 31.0 Å². The third-order valence-electron chi connectivity index (χ3n) is 2.26. The summed E-state index contributed by atoms with van der Waals surface area (Å²) in [5.41, 5.74) is 0.615. The van der Waals surface area contributed by atoms with Crippen molar-refractivity contribution < 1.29 is 13.9 Å². The summed E-state index contributed by atoms with van der Waals surface area (Å²) >= 11 is 3.28. The lowest BCUT2D eigenvalue weighted by atomic mass is 10.2. The fraction of sp³-hybridized carbons (Fsp3) is 0.583. The summed E-state index contributed by atoms with van der Waals surface area (Å²) in [7, 11) is 0. The minimum absolute atomic E-state index is 0.0835. The number of alkyl halides is 1. The van der Waals surface area contributed by atoms with Crippen LogP contribution in [0.5, 0.6) is 0 Å². The van der Waals surface area contributed by atoms with Gasteiger partial charge in [-0.25, -0.2) is 0 Å². The van der Waals surface area contributed by atoms with Crippen molar-refractivity contribution in [3.63, 3.8) is 0 Å². The second-order valence-electron chi connectivity index (χ2n) is 3.74. The minimum atomic E-state index is -0.0835. The zero-order valence-corrected chi connectivity index (χ0v) is 11.8. The van der Waals surface area contributed by atoms with E-state index in [1.807, 2.05) is 6.92 Å². The lowest BCUT2D eigenvalue weighted by Crippen LogP contribution is -2.25. The van der Waals surface area contributed by atoms with Gasteiger partial charge in [-0.3, -0.25) is 4.79 Å². The van der Waals surface area contributed by atoms with Gasteiger partial charge in [0, 0.05) is 18.5 Å². The molecule has 1 amide bonds. The Hall–Kier alpha value is -0.810. The molecule has 0 aromatic carbocycles. The Morgan fingerprint density at radius 3 is 2.82 bits per heavy atom. The molecule has 0 saturated heterocycles. The quantitative estimate of drug-likeness (QED) is 0.622. The van der Waals surface area contributed by atoms with Crippen LogP contribution in [-0.2, 0) is 4.74 Å². The van der Waals surface area contributed by atoms with Crippen LogP contribution in [0.25, 0.3) is 0 Å². The van der Waals surface area contributed by atoms with Crippen LogP contribution in [0.3, 0.4) is 0 Å². The monoisotopic (exact) mass is 303 g/mol. The Bertz CT molecular complexity index is 363. The first-order valence-corrected chi connectivity index (χ1v) is 6.76. The molecule has 17 heavy (non-hydrogen) atoms. The van der Waals surface area contributed by atoms with Crippen molar-refractivity contribution in [1.82, 2.24) is 5.32 Å². The van der Waals surface area contributed by atoms with Crippen molar-refractivity contribution in [3.8, 4) is 0 Å². The van der Waals surface area contributed by atoms with Crippen LogP contribution in [0, 0.1) is 13.8 Å². The summed E-state index contributed by atoms with van der Waals surface area (Å²) in [6, 6.07) is 1.76. The lowest BCUT2D eigenvalue weighted by Gasteiger charge is -2.04. The molecule has 5 heteroatoms. The standard InChI is InChI=1S/C12H18BrNO3/c1-9-8-11(10(2)17-9)12(15)14-5-3-6-16-7-4-13/h8H,3-7H2,1-2H3,(H,14,15). The van der Waals surface area contributed by atoms with E-state index < -0.39 is 0 Å². The Kier molecular flexibility index (Phi) is 6.29. The third-order valence-corrected chi connectivity index (χ3v) is 2.58. The molecular formula is C12H18BrNO3. The first kappa shape index (κ1) is 14.3. The zero-order valence-electron chi connectivity index (χ0n) is 10.2. The van der Waals surface area contributed by atoms with Crippen LogP contribution < -0.4 is 5.32 Å². The molecule has 0 saturated carbocycles. The Balaban J connectivity index is 2.23. The summed E-state index contributed by atoms with van der Waals surface area (Å²) in [6.45, 7) is 5.60. The normalized spacial score (nSPS) is 10.5. The van der Waals surface area contributed by atoms with Crippen LogP contribution >= 0.6 is 15.9 Å². The van der Waals surface area contributed by atoms with Gasteiger partial charge in [0.15, 0.2) is 0 Å². The highest BCUT2D eigenvalue weighted by molar-refractivity contribution is 9.09. The van der Waals surface area contributed by atoms with Gasteiger partial charge < -0.3 is 14.5 Å². The van der Waals surface area contributed by atoms with E-state index in [-0.39, 0.29) is 5.91 Å². The number of hydrogen-bond donors (Lipinski definition) is 1. The Morgan fingerprint density at radius 2 is 2.24 bits per heavy atom. The van der Waals surface area contributed by atoms with Crippen LogP contribution in [0.2, 0.25) is 0 Å². The number of carbonyl (C=O) groups excluding carboxylic acids is 1. The molecule has 1 rings (SSSR count). The largest absolute Gasteiger partial charge is 0.466 e. The number of ether oxygens (including phenoxy) is 1. The number of nitrogens with one attached hydrogen (secondary N) is 1. The maximum absolute atomic E-state index is 11.7. The highest BCUT2D eigenvalue weighted by atomic mass is 79.9. The number of carbonyl (C=O) groups is 1. The maximum Gasteiger partial charge on any atom is 0.254 e. The molecule has 0 atom stereocenters. The summed E-state index contributed by atoms with van der Waals surface area (Å²) in [4.78, 5) is 11.7. The van der Waals surface area contributed by atoms with E-state index in [9.17, 15) is 4.79 Å². The molecule has 1 N–H and O–H groups in total. The van der Waals surface area contributed by atoms with E-state index >= 15 is 0 Å². The minimum Gasteiger partial charge on any atom is -0.466 e. The first-order chi connectivity index (χ1) is 8.15. The zero-order chi connectivity index (χ0) is 12.7. The highest BCUT2D eigenvalue weighted by Gasteiger charge is 2.12. The molecule has 4 nitrogen and oxygen atoms in total. The van der Waals surface area contributed by atoms with Gasteiger partial charge in [-0.05, 0) is 26.3 Å². The summed E-state index contributed by atoms with van der Waals surface area (Å²) in [5.74, 6) is 1.34. The third kappa shape index (κ3) is 4.91. The summed E-state index contributed by atoms with van der Waals surface area (Å²) in [6.07, 6.45) is 0.814. The van der Waals surface area contributed by atoms with E-state index in [0.717, 1.165) is 17.5 Å². The topological polar surface area (TPSA) is 51.5 Å². The predicted octanol–water partition coefficient (Wildman–Crippen LogP) is 2.43. The van der Waals surface area contributed by atoms with E-state index in [1.165, 1.54) is 0 Å². The molecule has 1 heterocycles. The van der Waals surface area contributed by atoms with E-state index in [4.69, 9.17) is 9.15 Å². The van der Waals surface area contributed by atoms with Gasteiger partial charge in [-0.15, -0.1) is 0 Å². The molecular weight excluding hydrogens is 286 g/mol. The number of amides is 1. The highest BCUT2D eigenvalue weighted by Crippen LogP contribution is 2.13. The molecule has 0 aliphatic rings.